The summed E-state index contributed by atoms with van der Waals surface area (Å²) in [5, 5.41) is 13.4. The number of nitrogens with zero attached hydrogens (tertiary/aromatic N) is 6. The average molecular weight is 716 g/mol. The molecular formula is C41H42FN7O4. The van der Waals surface area contributed by atoms with Crippen molar-refractivity contribution in [2.24, 2.45) is 5.92 Å². The molecule has 0 atom stereocenters. The minimum Gasteiger partial charge on any atom is -0.508 e. The van der Waals surface area contributed by atoms with Gasteiger partial charge in [-0.05, 0) is 117 Å². The van der Waals surface area contributed by atoms with Crippen LogP contribution in [0.1, 0.15) is 61.5 Å². The summed E-state index contributed by atoms with van der Waals surface area (Å²) in [6.07, 6.45) is 8.81. The molecule has 2 N–H and O–H groups in total. The number of pyridine rings is 2. The van der Waals surface area contributed by atoms with Gasteiger partial charge in [-0.25, -0.2) is 23.7 Å². The second-order valence-corrected chi connectivity index (χ2v) is 14.5. The Labute approximate surface area is 305 Å². The van der Waals surface area contributed by atoms with Gasteiger partial charge in [0.2, 0.25) is 5.91 Å². The summed E-state index contributed by atoms with van der Waals surface area (Å²) in [6, 6.07) is 19.4. The molecule has 1 aliphatic carbocycles. The smallest absolute Gasteiger partial charge is 0.337 e. The maximum atomic E-state index is 14.6. The number of rotatable bonds is 8. The summed E-state index contributed by atoms with van der Waals surface area (Å²) < 4.78 is 19.5. The molecule has 4 aromatic heterocycles. The quantitative estimate of drug-likeness (QED) is 0.207. The lowest BCUT2D eigenvalue weighted by Gasteiger charge is -2.30. The van der Waals surface area contributed by atoms with Crippen LogP contribution in [0.15, 0.2) is 88.7 Å². The van der Waals surface area contributed by atoms with Crippen LogP contribution >= 0.6 is 0 Å². The molecule has 5 heterocycles. The number of aromatic nitrogens is 5. The van der Waals surface area contributed by atoms with Crippen molar-refractivity contribution in [3.05, 3.63) is 123 Å². The van der Waals surface area contributed by atoms with E-state index in [1.807, 2.05) is 41.3 Å². The van der Waals surface area contributed by atoms with Gasteiger partial charge in [-0.2, -0.15) is 0 Å². The van der Waals surface area contributed by atoms with Gasteiger partial charge in [-0.15, -0.1) is 0 Å². The number of imidazole rings is 1. The van der Waals surface area contributed by atoms with Gasteiger partial charge in [-0.3, -0.25) is 19.1 Å². The molecule has 0 bridgehead atoms. The number of hydrogen-bond acceptors (Lipinski definition) is 7. The molecule has 1 amide bonds. The normalized spacial score (nSPS) is 18.3. The maximum Gasteiger partial charge on any atom is 0.337 e. The van der Waals surface area contributed by atoms with Crippen LogP contribution in [0, 0.1) is 18.7 Å². The van der Waals surface area contributed by atoms with Crippen molar-refractivity contribution in [1.29, 1.82) is 0 Å². The van der Waals surface area contributed by atoms with Gasteiger partial charge in [0.05, 0.1) is 29.5 Å². The number of benzene rings is 2. The zero-order valence-electron chi connectivity index (χ0n) is 29.7. The van der Waals surface area contributed by atoms with Crippen molar-refractivity contribution in [2.45, 2.75) is 64.5 Å². The number of halogens is 1. The van der Waals surface area contributed by atoms with Crippen LogP contribution in [0.25, 0.3) is 33.5 Å². The van der Waals surface area contributed by atoms with Gasteiger partial charge < -0.3 is 14.8 Å². The Morgan fingerprint density at radius 1 is 0.981 bits per heavy atom. The number of amides is 1. The fraction of sp³-hybridized carbons (Fsp3) is 0.341. The summed E-state index contributed by atoms with van der Waals surface area (Å²) >= 11 is 0. The first-order valence-electron chi connectivity index (χ1n) is 18.4. The monoisotopic (exact) mass is 715 g/mol. The van der Waals surface area contributed by atoms with E-state index in [2.05, 4.69) is 33.9 Å². The highest BCUT2D eigenvalue weighted by Gasteiger charge is 2.28. The SMILES string of the molecule is Cc1cccc2nc(CCC3CCC(n4c(=O)c5cc(F)cnc5n(-c5cccc(-c6ccc(O)cc6CN6CCCNC(=O)C6)c5)c4=O)CC3)cn12. The molecule has 1 saturated carbocycles. The fourth-order valence-electron chi connectivity index (χ4n) is 8.15. The molecule has 12 heteroatoms. The molecule has 0 radical (unpaired) electrons. The van der Waals surface area contributed by atoms with Crippen molar-refractivity contribution < 1.29 is 14.3 Å². The molecule has 8 rings (SSSR count). The highest BCUT2D eigenvalue weighted by Crippen LogP contribution is 2.34. The molecule has 1 saturated heterocycles. The number of carbonyl (C=O) groups excluding carboxylic acids is 1. The Balaban J connectivity index is 1.09. The van der Waals surface area contributed by atoms with Gasteiger partial charge >= 0.3 is 5.69 Å². The highest BCUT2D eigenvalue weighted by atomic mass is 19.1. The van der Waals surface area contributed by atoms with Gasteiger partial charge in [0.25, 0.3) is 5.56 Å². The van der Waals surface area contributed by atoms with Crippen molar-refractivity contribution in [2.75, 3.05) is 19.6 Å². The number of fused-ring (bicyclic) bond motifs is 2. The first-order valence-corrected chi connectivity index (χ1v) is 18.4. The second-order valence-electron chi connectivity index (χ2n) is 14.5. The van der Waals surface area contributed by atoms with Gasteiger partial charge in [0, 0.05) is 37.6 Å². The summed E-state index contributed by atoms with van der Waals surface area (Å²) in [5.41, 5.74) is 5.10. The summed E-state index contributed by atoms with van der Waals surface area (Å²) in [4.78, 5) is 51.8. The van der Waals surface area contributed by atoms with E-state index < -0.39 is 17.1 Å². The number of phenolic OH excluding ortho intramolecular Hbond substituents is 1. The molecule has 6 aromatic rings. The molecule has 0 unspecified atom stereocenters. The first-order chi connectivity index (χ1) is 25.7. The molecule has 53 heavy (non-hydrogen) atoms. The van der Waals surface area contributed by atoms with E-state index >= 15 is 0 Å². The lowest BCUT2D eigenvalue weighted by molar-refractivity contribution is -0.121. The van der Waals surface area contributed by atoms with Gasteiger partial charge in [0.1, 0.15) is 17.2 Å². The van der Waals surface area contributed by atoms with E-state index in [-0.39, 0.29) is 35.3 Å². The Kier molecular flexibility index (Phi) is 9.38. The largest absolute Gasteiger partial charge is 0.508 e. The first kappa shape index (κ1) is 34.5. The van der Waals surface area contributed by atoms with Crippen LogP contribution in [0.5, 0.6) is 5.75 Å². The zero-order valence-corrected chi connectivity index (χ0v) is 29.7. The van der Waals surface area contributed by atoms with E-state index in [4.69, 9.17) is 4.98 Å². The van der Waals surface area contributed by atoms with E-state index in [1.165, 1.54) is 15.2 Å². The number of nitrogens with one attached hydrogen (secondary N) is 1. The lowest BCUT2D eigenvalue weighted by Crippen LogP contribution is -2.43. The number of aryl methyl sites for hydroxylation is 2. The lowest BCUT2D eigenvalue weighted by atomic mass is 9.83. The van der Waals surface area contributed by atoms with Crippen LogP contribution in [0.4, 0.5) is 4.39 Å². The van der Waals surface area contributed by atoms with E-state index in [0.717, 1.165) is 78.6 Å². The molecule has 272 valence electrons. The minimum absolute atomic E-state index is 0.0386. The molecule has 2 aromatic carbocycles. The summed E-state index contributed by atoms with van der Waals surface area (Å²) in [5.74, 6) is -0.139. The van der Waals surface area contributed by atoms with Crippen molar-refractivity contribution in [1.82, 2.24) is 33.7 Å². The molecule has 2 fully saturated rings. The molecule has 2 aliphatic rings. The van der Waals surface area contributed by atoms with Crippen LogP contribution in [-0.4, -0.2) is 59.1 Å². The third-order valence-electron chi connectivity index (χ3n) is 10.9. The Morgan fingerprint density at radius 2 is 1.81 bits per heavy atom. The number of phenols is 1. The predicted octanol–water partition coefficient (Wildman–Crippen LogP) is 5.70. The van der Waals surface area contributed by atoms with Crippen LogP contribution in [-0.2, 0) is 17.8 Å². The number of carbonyl (C=O) groups is 1. The average Bonchev–Trinajstić information content (AvgIpc) is 3.47. The number of aromatic hydroxyl groups is 1. The third kappa shape index (κ3) is 6.98. The van der Waals surface area contributed by atoms with E-state index in [1.54, 1.807) is 18.2 Å². The standard InChI is InChI=1S/C41H42FN7O4/c1-26-5-2-8-37-45-31(24-47(26)37)12-9-27-10-13-32(14-11-27)49-40(52)36-21-30(42)22-44-39(36)48(41(49)53)33-7-3-6-28(19-33)35-16-15-34(50)20-29(35)23-46-18-4-17-43-38(51)25-46/h2-3,5-8,15-16,19-22,24,27,32,50H,4,9-14,17-18,23,25H2,1H3,(H,43,51). The van der Waals surface area contributed by atoms with E-state index in [0.29, 0.717) is 37.5 Å². The molecule has 0 spiro atoms. The molecular weight excluding hydrogens is 673 g/mol. The third-order valence-corrected chi connectivity index (χ3v) is 10.9. The van der Waals surface area contributed by atoms with Gasteiger partial charge in [0.15, 0.2) is 5.65 Å². The fourth-order valence-corrected chi connectivity index (χ4v) is 8.15. The Hall–Kier alpha value is -5.62. The molecule has 11 nitrogen and oxygen atoms in total. The molecule has 1 aliphatic heterocycles. The minimum atomic E-state index is -0.651. The highest BCUT2D eigenvalue weighted by molar-refractivity contribution is 5.79. The topological polar surface area (TPSA) is 127 Å². The Bertz CT molecular complexity index is 2460. The van der Waals surface area contributed by atoms with E-state index in [9.17, 15) is 23.9 Å². The van der Waals surface area contributed by atoms with Crippen molar-refractivity contribution >= 4 is 22.6 Å². The Morgan fingerprint density at radius 3 is 2.64 bits per heavy atom. The van der Waals surface area contributed by atoms with Gasteiger partial charge in [-0.1, -0.05) is 24.3 Å². The van der Waals surface area contributed by atoms with Crippen LogP contribution in [0.3, 0.4) is 0 Å². The number of hydrogen-bond donors (Lipinski definition) is 2. The van der Waals surface area contributed by atoms with Crippen LogP contribution in [0.2, 0.25) is 0 Å². The van der Waals surface area contributed by atoms with Crippen molar-refractivity contribution in [3.63, 3.8) is 0 Å². The summed E-state index contributed by atoms with van der Waals surface area (Å²) in [6.45, 7) is 4.11. The maximum absolute atomic E-state index is 14.6. The van der Waals surface area contributed by atoms with Crippen LogP contribution < -0.4 is 16.6 Å². The zero-order chi connectivity index (χ0) is 36.6. The summed E-state index contributed by atoms with van der Waals surface area (Å²) in [7, 11) is 0. The second kappa shape index (κ2) is 14.4. The van der Waals surface area contributed by atoms with Crippen molar-refractivity contribution in [3.8, 4) is 22.6 Å². The predicted molar refractivity (Wildman–Crippen MR) is 201 cm³/mol.